The lowest BCUT2D eigenvalue weighted by Gasteiger charge is -2.40. The topological polar surface area (TPSA) is 64.4 Å². The van der Waals surface area contributed by atoms with Crippen LogP contribution in [0.4, 0.5) is 0 Å². The van der Waals surface area contributed by atoms with Gasteiger partial charge in [-0.2, -0.15) is 0 Å². The number of fused-ring (bicyclic) bond motifs is 1. The lowest BCUT2D eigenvalue weighted by atomic mass is 9.66. The maximum Gasteiger partial charge on any atom is 0.221 e. The first kappa shape index (κ1) is 12.5. The van der Waals surface area contributed by atoms with Gasteiger partial charge in [0.05, 0.1) is 6.04 Å². The molecule has 0 radical (unpaired) electrons. The molecule has 1 aromatic rings. The Kier molecular flexibility index (Phi) is 3.19. The molecule has 1 atom stereocenters. The molecular formula is C15H20N2O2. The van der Waals surface area contributed by atoms with Crippen molar-refractivity contribution in [1.29, 1.82) is 0 Å². The standard InChI is InChI=1S/C15H20N2O2/c16-10-15(6-3-7-15)8-14(18)17-12-9-19-13-5-2-1-4-11(12)13/h1-2,4-5,12H,3,6-10,16H2,(H,17,18). The molecule has 0 bridgehead atoms. The summed E-state index contributed by atoms with van der Waals surface area (Å²) >= 11 is 0. The molecule has 1 amide bonds. The molecule has 1 unspecified atom stereocenters. The third kappa shape index (κ3) is 2.32. The number of hydrogen-bond acceptors (Lipinski definition) is 3. The van der Waals surface area contributed by atoms with Crippen LogP contribution >= 0.6 is 0 Å². The molecule has 0 saturated heterocycles. The molecule has 1 fully saturated rings. The monoisotopic (exact) mass is 260 g/mol. The molecule has 2 aliphatic rings. The van der Waals surface area contributed by atoms with Gasteiger partial charge in [-0.25, -0.2) is 0 Å². The van der Waals surface area contributed by atoms with Crippen molar-refractivity contribution >= 4 is 5.91 Å². The predicted octanol–water partition coefficient (Wildman–Crippen LogP) is 1.76. The first-order valence-corrected chi connectivity index (χ1v) is 6.94. The average molecular weight is 260 g/mol. The van der Waals surface area contributed by atoms with Gasteiger partial charge >= 0.3 is 0 Å². The fraction of sp³-hybridized carbons (Fsp3) is 0.533. The Morgan fingerprint density at radius 1 is 1.42 bits per heavy atom. The van der Waals surface area contributed by atoms with Crippen molar-refractivity contribution in [2.45, 2.75) is 31.7 Å². The van der Waals surface area contributed by atoms with Gasteiger partial charge < -0.3 is 15.8 Å². The van der Waals surface area contributed by atoms with Crippen LogP contribution in [0.25, 0.3) is 0 Å². The van der Waals surface area contributed by atoms with Gasteiger partial charge in [0, 0.05) is 12.0 Å². The summed E-state index contributed by atoms with van der Waals surface area (Å²) < 4.78 is 5.57. The van der Waals surface area contributed by atoms with Gasteiger partial charge in [0.2, 0.25) is 5.91 Å². The molecule has 0 aromatic heterocycles. The summed E-state index contributed by atoms with van der Waals surface area (Å²) in [5.74, 6) is 0.973. The summed E-state index contributed by atoms with van der Waals surface area (Å²) in [5.41, 5.74) is 6.93. The molecule has 3 rings (SSSR count). The maximum absolute atomic E-state index is 12.2. The molecule has 1 aliphatic carbocycles. The lowest BCUT2D eigenvalue weighted by molar-refractivity contribution is -0.125. The van der Waals surface area contributed by atoms with E-state index in [0.29, 0.717) is 19.6 Å². The highest BCUT2D eigenvalue weighted by molar-refractivity contribution is 5.77. The minimum Gasteiger partial charge on any atom is -0.491 e. The third-order valence-corrected chi connectivity index (χ3v) is 4.42. The maximum atomic E-state index is 12.2. The van der Waals surface area contributed by atoms with Crippen LogP contribution in [0.1, 0.15) is 37.3 Å². The van der Waals surface area contributed by atoms with Crippen molar-refractivity contribution in [2.24, 2.45) is 11.1 Å². The van der Waals surface area contributed by atoms with Crippen molar-refractivity contribution in [3.05, 3.63) is 29.8 Å². The van der Waals surface area contributed by atoms with E-state index >= 15 is 0 Å². The van der Waals surface area contributed by atoms with Gasteiger partial charge in [-0.3, -0.25) is 4.79 Å². The van der Waals surface area contributed by atoms with E-state index in [0.717, 1.165) is 24.2 Å². The van der Waals surface area contributed by atoms with Gasteiger partial charge in [-0.05, 0) is 30.9 Å². The number of para-hydroxylation sites is 1. The van der Waals surface area contributed by atoms with Crippen molar-refractivity contribution < 1.29 is 9.53 Å². The number of ether oxygens (including phenoxy) is 1. The number of carbonyl (C=O) groups is 1. The van der Waals surface area contributed by atoms with Crippen molar-refractivity contribution in [2.75, 3.05) is 13.2 Å². The number of hydrogen-bond donors (Lipinski definition) is 2. The van der Waals surface area contributed by atoms with E-state index in [9.17, 15) is 4.79 Å². The number of benzene rings is 1. The van der Waals surface area contributed by atoms with Crippen LogP contribution in [-0.4, -0.2) is 19.1 Å². The van der Waals surface area contributed by atoms with E-state index in [2.05, 4.69) is 5.32 Å². The van der Waals surface area contributed by atoms with Crippen LogP contribution < -0.4 is 15.8 Å². The first-order chi connectivity index (χ1) is 9.22. The van der Waals surface area contributed by atoms with Crippen LogP contribution in [0.15, 0.2) is 24.3 Å². The van der Waals surface area contributed by atoms with E-state index in [-0.39, 0.29) is 17.4 Å². The number of amides is 1. The Morgan fingerprint density at radius 2 is 2.21 bits per heavy atom. The minimum atomic E-state index is -0.0152. The quantitative estimate of drug-likeness (QED) is 0.867. The predicted molar refractivity (Wildman–Crippen MR) is 72.8 cm³/mol. The first-order valence-electron chi connectivity index (χ1n) is 6.94. The Bertz CT molecular complexity index is 477. The van der Waals surface area contributed by atoms with Crippen LogP contribution in [0.2, 0.25) is 0 Å². The second kappa shape index (κ2) is 4.85. The van der Waals surface area contributed by atoms with Gasteiger partial charge in [0.25, 0.3) is 0 Å². The summed E-state index contributed by atoms with van der Waals surface area (Å²) in [6, 6.07) is 7.85. The third-order valence-electron chi connectivity index (χ3n) is 4.42. The van der Waals surface area contributed by atoms with Crippen LogP contribution in [-0.2, 0) is 4.79 Å². The largest absolute Gasteiger partial charge is 0.491 e. The summed E-state index contributed by atoms with van der Waals surface area (Å²) in [7, 11) is 0. The van der Waals surface area contributed by atoms with Gasteiger partial charge in [0.1, 0.15) is 12.4 Å². The SMILES string of the molecule is NCC1(CC(=O)NC2COc3ccccc32)CCC1. The number of rotatable bonds is 4. The molecule has 19 heavy (non-hydrogen) atoms. The molecule has 4 heteroatoms. The fourth-order valence-corrected chi connectivity index (χ4v) is 3.00. The molecule has 1 aromatic carbocycles. The van der Waals surface area contributed by atoms with E-state index in [4.69, 9.17) is 10.5 Å². The Hall–Kier alpha value is -1.55. The van der Waals surface area contributed by atoms with Crippen molar-refractivity contribution in [3.63, 3.8) is 0 Å². The highest BCUT2D eigenvalue weighted by Crippen LogP contribution is 2.43. The summed E-state index contributed by atoms with van der Waals surface area (Å²) in [6.07, 6.45) is 3.89. The molecule has 0 spiro atoms. The summed E-state index contributed by atoms with van der Waals surface area (Å²) in [5, 5.41) is 3.07. The van der Waals surface area contributed by atoms with E-state index in [1.165, 1.54) is 6.42 Å². The van der Waals surface area contributed by atoms with Crippen LogP contribution in [0.3, 0.4) is 0 Å². The normalized spacial score (nSPS) is 23.1. The van der Waals surface area contributed by atoms with Gasteiger partial charge in [-0.15, -0.1) is 0 Å². The van der Waals surface area contributed by atoms with E-state index in [1.807, 2.05) is 24.3 Å². The van der Waals surface area contributed by atoms with Crippen LogP contribution in [0.5, 0.6) is 5.75 Å². The molecule has 4 nitrogen and oxygen atoms in total. The summed E-state index contributed by atoms with van der Waals surface area (Å²) in [4.78, 5) is 12.2. The summed E-state index contributed by atoms with van der Waals surface area (Å²) in [6.45, 7) is 1.14. The fourth-order valence-electron chi connectivity index (χ4n) is 3.00. The lowest BCUT2D eigenvalue weighted by Crippen LogP contribution is -2.42. The van der Waals surface area contributed by atoms with Gasteiger partial charge in [0.15, 0.2) is 0 Å². The zero-order valence-corrected chi connectivity index (χ0v) is 11.0. The smallest absolute Gasteiger partial charge is 0.221 e. The second-order valence-electron chi connectivity index (χ2n) is 5.70. The molecule has 1 heterocycles. The van der Waals surface area contributed by atoms with Crippen molar-refractivity contribution in [1.82, 2.24) is 5.32 Å². The molecule has 3 N–H and O–H groups in total. The number of carbonyl (C=O) groups excluding carboxylic acids is 1. The minimum absolute atomic E-state index is 0.0152. The van der Waals surface area contributed by atoms with E-state index in [1.54, 1.807) is 0 Å². The Balaban J connectivity index is 1.62. The highest BCUT2D eigenvalue weighted by atomic mass is 16.5. The van der Waals surface area contributed by atoms with E-state index < -0.39 is 0 Å². The average Bonchev–Trinajstić information content (AvgIpc) is 2.78. The molecular weight excluding hydrogens is 240 g/mol. The number of nitrogens with two attached hydrogens (primary N) is 1. The Labute approximate surface area is 113 Å². The Morgan fingerprint density at radius 3 is 2.89 bits per heavy atom. The van der Waals surface area contributed by atoms with Crippen molar-refractivity contribution in [3.8, 4) is 5.75 Å². The van der Waals surface area contributed by atoms with Gasteiger partial charge in [-0.1, -0.05) is 24.6 Å². The van der Waals surface area contributed by atoms with Crippen LogP contribution in [0, 0.1) is 5.41 Å². The molecule has 1 aliphatic heterocycles. The molecule has 1 saturated carbocycles. The molecule has 102 valence electrons. The number of nitrogens with one attached hydrogen (secondary N) is 1. The zero-order valence-electron chi connectivity index (χ0n) is 11.0. The highest BCUT2D eigenvalue weighted by Gasteiger charge is 2.38. The zero-order chi connectivity index (χ0) is 13.3. The second-order valence-corrected chi connectivity index (χ2v) is 5.70.